The van der Waals surface area contributed by atoms with Gasteiger partial charge in [-0.1, -0.05) is 63.6 Å². The van der Waals surface area contributed by atoms with Crippen LogP contribution in [0, 0.1) is 0 Å². The van der Waals surface area contributed by atoms with Crippen molar-refractivity contribution < 1.29 is 14.6 Å². The number of aliphatic hydroxyl groups excluding tert-OH is 1. The van der Waals surface area contributed by atoms with Crippen molar-refractivity contribution in [1.82, 2.24) is 0 Å². The van der Waals surface area contributed by atoms with Crippen molar-refractivity contribution >= 4 is 0 Å². The van der Waals surface area contributed by atoms with Crippen LogP contribution in [-0.2, 0) is 4.74 Å². The largest absolute Gasteiger partial charge is 0.488 e. The summed E-state index contributed by atoms with van der Waals surface area (Å²) >= 11 is 0. The van der Waals surface area contributed by atoms with Gasteiger partial charge in [-0.2, -0.15) is 0 Å². The van der Waals surface area contributed by atoms with E-state index >= 15 is 0 Å². The third-order valence-corrected chi connectivity index (χ3v) is 3.71. The molecule has 0 aliphatic heterocycles. The number of ether oxygens (including phenoxy) is 2. The van der Waals surface area contributed by atoms with Crippen molar-refractivity contribution in [1.29, 1.82) is 0 Å². The van der Waals surface area contributed by atoms with Gasteiger partial charge in [0.15, 0.2) is 0 Å². The van der Waals surface area contributed by atoms with Gasteiger partial charge < -0.3 is 14.6 Å². The van der Waals surface area contributed by atoms with Crippen LogP contribution in [0.25, 0.3) is 0 Å². The average molecular weight is 308 g/mol. The van der Waals surface area contributed by atoms with E-state index in [2.05, 4.69) is 6.92 Å². The summed E-state index contributed by atoms with van der Waals surface area (Å²) in [5, 5.41) is 8.82. The first-order valence-electron chi connectivity index (χ1n) is 8.77. The van der Waals surface area contributed by atoms with Gasteiger partial charge in [-0.25, -0.2) is 0 Å². The lowest BCUT2D eigenvalue weighted by atomic mass is 10.1. The van der Waals surface area contributed by atoms with Gasteiger partial charge in [0.05, 0.1) is 19.8 Å². The molecule has 1 N–H and O–H groups in total. The highest BCUT2D eigenvalue weighted by molar-refractivity contribution is 5.21. The minimum absolute atomic E-state index is 0.0650. The van der Waals surface area contributed by atoms with Gasteiger partial charge in [-0.15, -0.1) is 0 Å². The molecule has 0 spiro atoms. The number of aliphatic hydroxyl groups is 1. The molecule has 0 heterocycles. The summed E-state index contributed by atoms with van der Waals surface area (Å²) in [5.74, 6) is 0.892. The molecule has 126 valence electrons. The van der Waals surface area contributed by atoms with E-state index in [1.165, 1.54) is 44.9 Å². The molecule has 3 nitrogen and oxygen atoms in total. The quantitative estimate of drug-likeness (QED) is 0.511. The highest BCUT2D eigenvalue weighted by Gasteiger charge is 2.10. The first kappa shape index (κ1) is 19.0. The van der Waals surface area contributed by atoms with Gasteiger partial charge in [0.1, 0.15) is 11.9 Å². The summed E-state index contributed by atoms with van der Waals surface area (Å²) in [6.45, 7) is 3.24. The van der Waals surface area contributed by atoms with Crippen molar-refractivity contribution in [2.45, 2.75) is 64.4 Å². The summed E-state index contributed by atoms with van der Waals surface area (Å²) in [6, 6.07) is 9.90. The van der Waals surface area contributed by atoms with Gasteiger partial charge in [-0.3, -0.25) is 0 Å². The lowest BCUT2D eigenvalue weighted by molar-refractivity contribution is 0.0280. The molecular weight excluding hydrogens is 276 g/mol. The topological polar surface area (TPSA) is 38.7 Å². The second kappa shape index (κ2) is 13.6. The van der Waals surface area contributed by atoms with Crippen molar-refractivity contribution in [3.05, 3.63) is 30.3 Å². The molecule has 0 saturated heterocycles. The molecular formula is C19H32O3. The molecule has 22 heavy (non-hydrogen) atoms. The predicted octanol–water partition coefficient (Wildman–Crippen LogP) is 4.58. The van der Waals surface area contributed by atoms with Gasteiger partial charge >= 0.3 is 0 Å². The van der Waals surface area contributed by atoms with Gasteiger partial charge in [0.25, 0.3) is 0 Å². The van der Waals surface area contributed by atoms with Crippen LogP contribution in [0.2, 0.25) is 0 Å². The summed E-state index contributed by atoms with van der Waals surface area (Å²) in [5.41, 5.74) is 0. The Morgan fingerprint density at radius 2 is 1.64 bits per heavy atom. The Labute approximate surface area is 135 Å². The lowest BCUT2D eigenvalue weighted by Gasteiger charge is -2.19. The first-order valence-corrected chi connectivity index (χ1v) is 8.77. The molecule has 1 aromatic carbocycles. The van der Waals surface area contributed by atoms with E-state index in [4.69, 9.17) is 14.6 Å². The van der Waals surface area contributed by atoms with E-state index in [-0.39, 0.29) is 12.7 Å². The number of para-hydroxylation sites is 1. The molecule has 1 unspecified atom stereocenters. The smallest absolute Gasteiger partial charge is 0.122 e. The molecule has 0 bridgehead atoms. The Bertz CT molecular complexity index is 340. The summed E-state index contributed by atoms with van der Waals surface area (Å²) < 4.78 is 11.5. The lowest BCUT2D eigenvalue weighted by Crippen LogP contribution is -2.24. The molecule has 1 atom stereocenters. The fourth-order valence-corrected chi connectivity index (χ4v) is 2.48. The van der Waals surface area contributed by atoms with Crippen molar-refractivity contribution in [2.75, 3.05) is 19.8 Å². The van der Waals surface area contributed by atoms with Gasteiger partial charge in [-0.05, 0) is 25.0 Å². The minimum atomic E-state index is 0.0650. The Hall–Kier alpha value is -1.06. The Morgan fingerprint density at radius 1 is 0.955 bits per heavy atom. The number of benzene rings is 1. The van der Waals surface area contributed by atoms with E-state index in [9.17, 15) is 0 Å². The molecule has 0 saturated carbocycles. The minimum Gasteiger partial charge on any atom is -0.488 e. The maximum absolute atomic E-state index is 8.82. The number of hydrogen-bond donors (Lipinski definition) is 1. The van der Waals surface area contributed by atoms with E-state index in [0.717, 1.165) is 12.2 Å². The SMILES string of the molecule is CCCCCCCCCC(COCCO)Oc1ccccc1. The van der Waals surface area contributed by atoms with Crippen LogP contribution in [0.3, 0.4) is 0 Å². The zero-order valence-electron chi connectivity index (χ0n) is 14.0. The van der Waals surface area contributed by atoms with Gasteiger partial charge in [0, 0.05) is 0 Å². The number of rotatable bonds is 14. The predicted molar refractivity (Wildman–Crippen MR) is 91.4 cm³/mol. The molecule has 0 aliphatic rings. The standard InChI is InChI=1S/C19H32O3/c1-2-3-4-5-6-7-9-14-19(17-21-16-15-20)22-18-12-10-8-11-13-18/h8,10-13,19-20H,2-7,9,14-17H2,1H3. The van der Waals surface area contributed by atoms with E-state index < -0.39 is 0 Å². The Kier molecular flexibility index (Phi) is 11.7. The third-order valence-electron chi connectivity index (χ3n) is 3.71. The number of unbranched alkanes of at least 4 members (excludes halogenated alkanes) is 6. The van der Waals surface area contributed by atoms with Crippen LogP contribution in [0.1, 0.15) is 58.3 Å². The molecule has 0 radical (unpaired) electrons. The fourth-order valence-electron chi connectivity index (χ4n) is 2.48. The van der Waals surface area contributed by atoms with Crippen molar-refractivity contribution in [3.8, 4) is 5.75 Å². The molecule has 1 aromatic rings. The highest BCUT2D eigenvalue weighted by atomic mass is 16.5. The fraction of sp³-hybridized carbons (Fsp3) is 0.684. The molecule has 0 aromatic heterocycles. The maximum atomic E-state index is 8.82. The van der Waals surface area contributed by atoms with Crippen LogP contribution in [-0.4, -0.2) is 31.0 Å². The van der Waals surface area contributed by atoms with Crippen LogP contribution in [0.5, 0.6) is 5.75 Å². The molecule has 3 heteroatoms. The second-order valence-electron chi connectivity index (χ2n) is 5.76. The average Bonchev–Trinajstić information content (AvgIpc) is 2.55. The van der Waals surface area contributed by atoms with Crippen molar-refractivity contribution in [2.24, 2.45) is 0 Å². The van der Waals surface area contributed by atoms with Crippen LogP contribution in [0.15, 0.2) is 30.3 Å². The maximum Gasteiger partial charge on any atom is 0.122 e. The third kappa shape index (κ3) is 9.80. The molecule has 0 amide bonds. The van der Waals surface area contributed by atoms with Crippen molar-refractivity contribution in [3.63, 3.8) is 0 Å². The Morgan fingerprint density at radius 3 is 2.32 bits per heavy atom. The van der Waals surface area contributed by atoms with E-state index in [1.807, 2.05) is 30.3 Å². The van der Waals surface area contributed by atoms with E-state index in [0.29, 0.717) is 13.2 Å². The monoisotopic (exact) mass is 308 g/mol. The summed E-state index contributed by atoms with van der Waals surface area (Å²) in [6.07, 6.45) is 10.2. The highest BCUT2D eigenvalue weighted by Crippen LogP contribution is 2.16. The van der Waals surface area contributed by atoms with Crippen LogP contribution < -0.4 is 4.74 Å². The zero-order valence-corrected chi connectivity index (χ0v) is 14.0. The van der Waals surface area contributed by atoms with E-state index in [1.54, 1.807) is 0 Å². The second-order valence-corrected chi connectivity index (χ2v) is 5.76. The summed E-state index contributed by atoms with van der Waals surface area (Å²) in [7, 11) is 0. The first-order chi connectivity index (χ1) is 10.9. The molecule has 0 fully saturated rings. The summed E-state index contributed by atoms with van der Waals surface area (Å²) in [4.78, 5) is 0. The normalized spacial score (nSPS) is 12.3. The number of hydrogen-bond acceptors (Lipinski definition) is 3. The van der Waals surface area contributed by atoms with Crippen LogP contribution >= 0.6 is 0 Å². The van der Waals surface area contributed by atoms with Gasteiger partial charge in [0.2, 0.25) is 0 Å². The molecule has 0 aliphatic carbocycles. The van der Waals surface area contributed by atoms with Crippen LogP contribution in [0.4, 0.5) is 0 Å². The zero-order chi connectivity index (χ0) is 15.9. The molecule has 1 rings (SSSR count). The Balaban J connectivity index is 2.22.